The molecule has 2 rings (SSSR count). The molecule has 1 aromatic carbocycles. The molecule has 0 aliphatic heterocycles. The number of nitrogens with one attached hydrogen (secondary N) is 1. The second-order valence-corrected chi connectivity index (χ2v) is 3.54. The van der Waals surface area contributed by atoms with Crippen molar-refractivity contribution in [2.24, 2.45) is 0 Å². The predicted octanol–water partition coefficient (Wildman–Crippen LogP) is 2.16. The lowest BCUT2D eigenvalue weighted by Gasteiger charge is -2.05. The van der Waals surface area contributed by atoms with Gasteiger partial charge in [-0.15, -0.1) is 0 Å². The molecule has 6 heteroatoms. The summed E-state index contributed by atoms with van der Waals surface area (Å²) in [5.41, 5.74) is 6.29. The molecule has 0 amide bonds. The Bertz CT molecular complexity index is 501. The molecule has 16 heavy (non-hydrogen) atoms. The molecule has 0 aliphatic carbocycles. The van der Waals surface area contributed by atoms with Crippen LogP contribution in [-0.4, -0.2) is 15.1 Å². The van der Waals surface area contributed by atoms with Crippen LogP contribution in [0.3, 0.4) is 0 Å². The van der Waals surface area contributed by atoms with E-state index >= 15 is 0 Å². The highest BCUT2D eigenvalue weighted by molar-refractivity contribution is 6.30. The van der Waals surface area contributed by atoms with Gasteiger partial charge in [0, 0.05) is 10.7 Å². The fraction of sp³-hybridized carbons (Fsp3) is 0. The minimum atomic E-state index is -0.244. The molecule has 0 unspecified atom stereocenters. The summed E-state index contributed by atoms with van der Waals surface area (Å²) >= 11 is 5.75. The number of anilines is 3. The summed E-state index contributed by atoms with van der Waals surface area (Å²) in [6.07, 6.45) is 1.33. The number of nitrogen functional groups attached to an aromatic ring is 1. The van der Waals surface area contributed by atoms with Crippen molar-refractivity contribution in [1.29, 1.82) is 0 Å². The van der Waals surface area contributed by atoms with E-state index in [0.717, 1.165) is 5.69 Å². The summed E-state index contributed by atoms with van der Waals surface area (Å²) in [6.45, 7) is 0. The molecule has 0 radical (unpaired) electrons. The Hall–Kier alpha value is -2.01. The zero-order valence-corrected chi connectivity index (χ0v) is 8.94. The molecule has 1 aromatic heterocycles. The SMILES string of the molecule is Nc1cnc(Nc2ccc(Cl)cc2)nc1O. The van der Waals surface area contributed by atoms with Gasteiger partial charge in [-0.2, -0.15) is 4.98 Å². The van der Waals surface area contributed by atoms with Crippen LogP contribution in [0.4, 0.5) is 17.3 Å². The molecule has 5 nitrogen and oxygen atoms in total. The lowest BCUT2D eigenvalue weighted by atomic mass is 10.3. The van der Waals surface area contributed by atoms with E-state index in [0.29, 0.717) is 5.02 Å². The molecular formula is C10H9ClN4O. The first-order valence-electron chi connectivity index (χ1n) is 4.49. The predicted molar refractivity (Wildman–Crippen MR) is 62.8 cm³/mol. The second kappa shape index (κ2) is 4.24. The first-order chi connectivity index (χ1) is 7.65. The van der Waals surface area contributed by atoms with E-state index in [1.54, 1.807) is 24.3 Å². The van der Waals surface area contributed by atoms with Crippen LogP contribution in [0.2, 0.25) is 5.02 Å². The number of halogens is 1. The molecular weight excluding hydrogens is 228 g/mol. The number of aromatic nitrogens is 2. The maximum atomic E-state index is 9.29. The molecule has 0 spiro atoms. The summed E-state index contributed by atoms with van der Waals surface area (Å²) in [7, 11) is 0. The first kappa shape index (κ1) is 10.5. The van der Waals surface area contributed by atoms with Crippen LogP contribution in [0.1, 0.15) is 0 Å². The van der Waals surface area contributed by atoms with Gasteiger partial charge in [-0.05, 0) is 24.3 Å². The van der Waals surface area contributed by atoms with Crippen molar-refractivity contribution in [1.82, 2.24) is 9.97 Å². The molecule has 0 atom stereocenters. The average molecular weight is 237 g/mol. The van der Waals surface area contributed by atoms with Gasteiger partial charge in [0.25, 0.3) is 0 Å². The topological polar surface area (TPSA) is 84.1 Å². The van der Waals surface area contributed by atoms with Crippen molar-refractivity contribution in [3.8, 4) is 5.88 Å². The van der Waals surface area contributed by atoms with Crippen LogP contribution >= 0.6 is 11.6 Å². The molecule has 0 bridgehead atoms. The van der Waals surface area contributed by atoms with E-state index < -0.39 is 0 Å². The van der Waals surface area contributed by atoms with Crippen LogP contribution in [-0.2, 0) is 0 Å². The van der Waals surface area contributed by atoms with Gasteiger partial charge in [-0.3, -0.25) is 0 Å². The minimum absolute atomic E-state index is 0.140. The van der Waals surface area contributed by atoms with Gasteiger partial charge in [0.05, 0.1) is 6.20 Å². The number of hydrogen-bond donors (Lipinski definition) is 3. The lowest BCUT2D eigenvalue weighted by molar-refractivity contribution is 0.456. The molecule has 0 saturated carbocycles. The monoisotopic (exact) mass is 236 g/mol. The molecule has 2 aromatic rings. The van der Waals surface area contributed by atoms with Crippen molar-refractivity contribution in [2.45, 2.75) is 0 Å². The summed E-state index contributed by atoms with van der Waals surface area (Å²) in [4.78, 5) is 7.68. The Balaban J connectivity index is 2.20. The number of nitrogens with two attached hydrogens (primary N) is 1. The quantitative estimate of drug-likeness (QED) is 0.744. The van der Waals surface area contributed by atoms with Gasteiger partial charge in [0.1, 0.15) is 5.69 Å². The van der Waals surface area contributed by atoms with E-state index in [2.05, 4.69) is 15.3 Å². The largest absolute Gasteiger partial charge is 0.492 e. The fourth-order valence-corrected chi connectivity index (χ4v) is 1.23. The first-order valence-corrected chi connectivity index (χ1v) is 4.87. The average Bonchev–Trinajstić information content (AvgIpc) is 2.27. The zero-order valence-electron chi connectivity index (χ0n) is 8.18. The van der Waals surface area contributed by atoms with E-state index in [4.69, 9.17) is 17.3 Å². The number of rotatable bonds is 2. The normalized spacial score (nSPS) is 10.1. The molecule has 1 heterocycles. The number of nitrogens with zero attached hydrogens (tertiary/aromatic N) is 2. The third-order valence-corrected chi connectivity index (χ3v) is 2.15. The van der Waals surface area contributed by atoms with Gasteiger partial charge in [-0.1, -0.05) is 11.6 Å². The summed E-state index contributed by atoms with van der Waals surface area (Å²) in [6, 6.07) is 7.03. The van der Waals surface area contributed by atoms with Crippen molar-refractivity contribution in [2.75, 3.05) is 11.1 Å². The van der Waals surface area contributed by atoms with Gasteiger partial charge in [0.15, 0.2) is 0 Å². The zero-order chi connectivity index (χ0) is 11.5. The van der Waals surface area contributed by atoms with Crippen LogP contribution in [0.25, 0.3) is 0 Å². The Labute approximate surface area is 96.9 Å². The Morgan fingerprint density at radius 1 is 1.25 bits per heavy atom. The van der Waals surface area contributed by atoms with Crippen LogP contribution in [0.5, 0.6) is 5.88 Å². The molecule has 82 valence electrons. The number of benzene rings is 1. The summed E-state index contributed by atoms with van der Waals surface area (Å²) in [5, 5.41) is 12.8. The van der Waals surface area contributed by atoms with E-state index in [1.807, 2.05) is 0 Å². The van der Waals surface area contributed by atoms with Crippen LogP contribution in [0, 0.1) is 0 Å². The van der Waals surface area contributed by atoms with Gasteiger partial charge < -0.3 is 16.2 Å². The third-order valence-electron chi connectivity index (χ3n) is 1.90. The number of aromatic hydroxyl groups is 1. The minimum Gasteiger partial charge on any atom is -0.492 e. The summed E-state index contributed by atoms with van der Waals surface area (Å²) in [5.74, 6) is 0.0282. The molecule has 0 fully saturated rings. The van der Waals surface area contributed by atoms with Crippen molar-refractivity contribution in [3.63, 3.8) is 0 Å². The molecule has 0 aliphatic rings. The van der Waals surface area contributed by atoms with E-state index in [-0.39, 0.29) is 17.5 Å². The van der Waals surface area contributed by atoms with E-state index in [9.17, 15) is 5.11 Å². The Morgan fingerprint density at radius 2 is 1.94 bits per heavy atom. The highest BCUT2D eigenvalue weighted by atomic mass is 35.5. The maximum Gasteiger partial charge on any atom is 0.239 e. The van der Waals surface area contributed by atoms with Crippen LogP contribution in [0.15, 0.2) is 30.5 Å². The maximum absolute atomic E-state index is 9.29. The highest BCUT2D eigenvalue weighted by Gasteiger charge is 2.02. The van der Waals surface area contributed by atoms with Crippen molar-refractivity contribution in [3.05, 3.63) is 35.5 Å². The van der Waals surface area contributed by atoms with Crippen molar-refractivity contribution < 1.29 is 5.11 Å². The Kier molecular flexibility index (Phi) is 2.78. The van der Waals surface area contributed by atoms with Gasteiger partial charge in [-0.25, -0.2) is 4.98 Å². The third kappa shape index (κ3) is 2.32. The van der Waals surface area contributed by atoms with Gasteiger partial charge in [0.2, 0.25) is 11.8 Å². The lowest BCUT2D eigenvalue weighted by Crippen LogP contribution is -1.98. The van der Waals surface area contributed by atoms with E-state index in [1.165, 1.54) is 6.20 Å². The standard InChI is InChI=1S/C10H9ClN4O/c11-6-1-3-7(4-2-6)14-10-13-5-8(12)9(16)15-10/h1-5H,12H2,(H2,13,14,15,16). The van der Waals surface area contributed by atoms with Gasteiger partial charge >= 0.3 is 0 Å². The summed E-state index contributed by atoms with van der Waals surface area (Å²) < 4.78 is 0. The highest BCUT2D eigenvalue weighted by Crippen LogP contribution is 2.20. The van der Waals surface area contributed by atoms with Crippen LogP contribution < -0.4 is 11.1 Å². The molecule has 0 saturated heterocycles. The fourth-order valence-electron chi connectivity index (χ4n) is 1.10. The smallest absolute Gasteiger partial charge is 0.239 e. The van der Waals surface area contributed by atoms with Crippen molar-refractivity contribution >= 4 is 28.9 Å². The Morgan fingerprint density at radius 3 is 2.56 bits per heavy atom. The second-order valence-electron chi connectivity index (χ2n) is 3.10. The number of hydrogen-bond acceptors (Lipinski definition) is 5. The molecule has 4 N–H and O–H groups in total.